The van der Waals surface area contributed by atoms with Crippen LogP contribution in [0.25, 0.3) is 0 Å². The maximum absolute atomic E-state index is 4.57. The molecule has 0 saturated carbocycles. The molecule has 0 aliphatic carbocycles. The fourth-order valence-electron chi connectivity index (χ4n) is 1.98. The molecule has 0 aromatic carbocycles. The molecule has 1 atom stereocenters. The first-order valence-corrected chi connectivity index (χ1v) is 6.27. The van der Waals surface area contributed by atoms with E-state index in [1.165, 1.54) is 41.5 Å². The molecule has 2 nitrogen and oxygen atoms in total. The topological polar surface area (TPSA) is 24.9 Å². The van der Waals surface area contributed by atoms with Crippen LogP contribution in [0.4, 0.5) is 0 Å². The van der Waals surface area contributed by atoms with Gasteiger partial charge in [-0.2, -0.15) is 0 Å². The highest BCUT2D eigenvalue weighted by molar-refractivity contribution is 7.11. The Bertz CT molecular complexity index is 300. The quantitative estimate of drug-likeness (QED) is 0.827. The number of aromatic nitrogens is 1. The van der Waals surface area contributed by atoms with Crippen molar-refractivity contribution in [3.8, 4) is 0 Å². The average molecular weight is 210 g/mol. The van der Waals surface area contributed by atoms with Crippen molar-refractivity contribution in [3.05, 3.63) is 15.6 Å². The smallest absolute Gasteiger partial charge is 0.0928 e. The summed E-state index contributed by atoms with van der Waals surface area (Å²) in [6.45, 7) is 6.72. The first-order valence-electron chi connectivity index (χ1n) is 5.45. The van der Waals surface area contributed by atoms with Gasteiger partial charge in [-0.15, -0.1) is 11.3 Å². The molecule has 0 amide bonds. The van der Waals surface area contributed by atoms with Gasteiger partial charge in [-0.05, 0) is 45.2 Å². The summed E-state index contributed by atoms with van der Waals surface area (Å²) < 4.78 is 0. The Morgan fingerprint density at radius 2 is 2.43 bits per heavy atom. The number of rotatable bonds is 3. The van der Waals surface area contributed by atoms with Crippen LogP contribution in [0.1, 0.15) is 28.9 Å². The number of nitrogens with one attached hydrogen (secondary N) is 1. The summed E-state index contributed by atoms with van der Waals surface area (Å²) in [5, 5.41) is 4.71. The van der Waals surface area contributed by atoms with Gasteiger partial charge < -0.3 is 5.32 Å². The molecular formula is C11H18N2S. The van der Waals surface area contributed by atoms with Crippen LogP contribution >= 0.6 is 11.3 Å². The minimum absolute atomic E-state index is 0.846. The van der Waals surface area contributed by atoms with E-state index in [0.29, 0.717) is 0 Å². The van der Waals surface area contributed by atoms with Crippen LogP contribution in [0.15, 0.2) is 0 Å². The van der Waals surface area contributed by atoms with Crippen LogP contribution in [0.5, 0.6) is 0 Å². The standard InChI is InChI=1S/C11H18N2S/c1-3-11-13-8(2)10(14-11)6-9-4-5-12-7-9/h9,12H,3-7H2,1-2H3. The first-order chi connectivity index (χ1) is 6.79. The van der Waals surface area contributed by atoms with Gasteiger partial charge in [0.25, 0.3) is 0 Å². The normalized spacial score (nSPS) is 21.7. The molecule has 14 heavy (non-hydrogen) atoms. The summed E-state index contributed by atoms with van der Waals surface area (Å²) in [5.74, 6) is 0.846. The Morgan fingerprint density at radius 1 is 1.57 bits per heavy atom. The Balaban J connectivity index is 2.03. The largest absolute Gasteiger partial charge is 0.316 e. The molecule has 2 heterocycles. The van der Waals surface area contributed by atoms with E-state index in [0.717, 1.165) is 12.3 Å². The second kappa shape index (κ2) is 4.41. The maximum Gasteiger partial charge on any atom is 0.0928 e. The molecule has 2 rings (SSSR count). The third kappa shape index (κ3) is 2.15. The van der Waals surface area contributed by atoms with Crippen molar-refractivity contribution < 1.29 is 0 Å². The number of aryl methyl sites for hydroxylation is 2. The molecule has 0 spiro atoms. The van der Waals surface area contributed by atoms with E-state index >= 15 is 0 Å². The Morgan fingerprint density at radius 3 is 3.00 bits per heavy atom. The fourth-order valence-corrected chi connectivity index (χ4v) is 3.10. The van der Waals surface area contributed by atoms with E-state index in [9.17, 15) is 0 Å². The summed E-state index contributed by atoms with van der Waals surface area (Å²) in [4.78, 5) is 6.08. The third-order valence-corrected chi connectivity index (χ3v) is 4.20. The summed E-state index contributed by atoms with van der Waals surface area (Å²) >= 11 is 1.91. The highest BCUT2D eigenvalue weighted by Crippen LogP contribution is 2.24. The minimum Gasteiger partial charge on any atom is -0.316 e. The van der Waals surface area contributed by atoms with E-state index in [1.807, 2.05) is 11.3 Å². The highest BCUT2D eigenvalue weighted by Gasteiger charge is 2.17. The SMILES string of the molecule is CCc1nc(C)c(CC2CCNC2)s1. The third-order valence-electron chi connectivity index (χ3n) is 2.88. The van der Waals surface area contributed by atoms with Crippen LogP contribution in [-0.2, 0) is 12.8 Å². The van der Waals surface area contributed by atoms with E-state index < -0.39 is 0 Å². The van der Waals surface area contributed by atoms with E-state index in [-0.39, 0.29) is 0 Å². The first kappa shape index (κ1) is 10.1. The van der Waals surface area contributed by atoms with Gasteiger partial charge >= 0.3 is 0 Å². The number of hydrogen-bond donors (Lipinski definition) is 1. The lowest BCUT2D eigenvalue weighted by Gasteiger charge is -2.05. The van der Waals surface area contributed by atoms with Gasteiger partial charge in [-0.3, -0.25) is 0 Å². The van der Waals surface area contributed by atoms with E-state index in [2.05, 4.69) is 24.1 Å². The van der Waals surface area contributed by atoms with Crippen molar-refractivity contribution in [1.29, 1.82) is 0 Å². The predicted octanol–water partition coefficient (Wildman–Crippen LogP) is 2.17. The Hall–Kier alpha value is -0.410. The second-order valence-corrected chi connectivity index (χ2v) is 5.20. The molecule has 3 heteroatoms. The molecule has 1 unspecified atom stereocenters. The van der Waals surface area contributed by atoms with E-state index in [1.54, 1.807) is 0 Å². The lowest BCUT2D eigenvalue weighted by molar-refractivity contribution is 0.583. The van der Waals surface area contributed by atoms with Crippen LogP contribution in [0, 0.1) is 12.8 Å². The van der Waals surface area contributed by atoms with Gasteiger partial charge in [0, 0.05) is 4.88 Å². The van der Waals surface area contributed by atoms with Crippen LogP contribution in [0.2, 0.25) is 0 Å². The van der Waals surface area contributed by atoms with Gasteiger partial charge in [-0.1, -0.05) is 6.92 Å². The molecule has 78 valence electrons. The Labute approximate surface area is 89.8 Å². The van der Waals surface area contributed by atoms with Crippen LogP contribution in [-0.4, -0.2) is 18.1 Å². The monoisotopic (exact) mass is 210 g/mol. The number of hydrogen-bond acceptors (Lipinski definition) is 3. The van der Waals surface area contributed by atoms with Crippen molar-refractivity contribution in [2.45, 2.75) is 33.1 Å². The molecule has 1 aromatic rings. The van der Waals surface area contributed by atoms with Gasteiger partial charge in [-0.25, -0.2) is 4.98 Å². The molecule has 1 aliphatic heterocycles. The van der Waals surface area contributed by atoms with E-state index in [4.69, 9.17) is 0 Å². The lowest BCUT2D eigenvalue weighted by Crippen LogP contribution is -2.10. The Kier molecular flexibility index (Phi) is 3.19. The summed E-state index contributed by atoms with van der Waals surface area (Å²) in [5.41, 5.74) is 1.26. The lowest BCUT2D eigenvalue weighted by atomic mass is 10.0. The van der Waals surface area contributed by atoms with Gasteiger partial charge in [0.05, 0.1) is 10.7 Å². The summed E-state index contributed by atoms with van der Waals surface area (Å²) in [6.07, 6.45) is 3.64. The maximum atomic E-state index is 4.57. The molecule has 1 N–H and O–H groups in total. The summed E-state index contributed by atoms with van der Waals surface area (Å²) in [7, 11) is 0. The molecule has 1 aliphatic rings. The molecular weight excluding hydrogens is 192 g/mol. The molecule has 1 saturated heterocycles. The van der Waals surface area contributed by atoms with Crippen molar-refractivity contribution in [2.75, 3.05) is 13.1 Å². The average Bonchev–Trinajstić information content (AvgIpc) is 2.78. The van der Waals surface area contributed by atoms with Crippen LogP contribution < -0.4 is 5.32 Å². The number of thiazole rings is 1. The zero-order valence-corrected chi connectivity index (χ0v) is 9.78. The van der Waals surface area contributed by atoms with Gasteiger partial charge in [0.2, 0.25) is 0 Å². The molecule has 0 bridgehead atoms. The minimum atomic E-state index is 0.846. The number of nitrogens with zero attached hydrogens (tertiary/aromatic N) is 1. The summed E-state index contributed by atoms with van der Waals surface area (Å²) in [6, 6.07) is 0. The van der Waals surface area contributed by atoms with Crippen molar-refractivity contribution in [3.63, 3.8) is 0 Å². The second-order valence-electron chi connectivity index (χ2n) is 4.03. The van der Waals surface area contributed by atoms with Crippen LogP contribution in [0.3, 0.4) is 0 Å². The van der Waals surface area contributed by atoms with Gasteiger partial charge in [0.1, 0.15) is 0 Å². The zero-order chi connectivity index (χ0) is 9.97. The molecule has 1 fully saturated rings. The van der Waals surface area contributed by atoms with Crippen molar-refractivity contribution in [1.82, 2.24) is 10.3 Å². The fraction of sp³-hybridized carbons (Fsp3) is 0.727. The molecule has 1 aromatic heterocycles. The van der Waals surface area contributed by atoms with Crippen molar-refractivity contribution in [2.24, 2.45) is 5.92 Å². The van der Waals surface area contributed by atoms with Gasteiger partial charge in [0.15, 0.2) is 0 Å². The highest BCUT2D eigenvalue weighted by atomic mass is 32.1. The predicted molar refractivity (Wildman–Crippen MR) is 60.9 cm³/mol. The molecule has 0 radical (unpaired) electrons. The van der Waals surface area contributed by atoms with Crippen molar-refractivity contribution >= 4 is 11.3 Å². The zero-order valence-electron chi connectivity index (χ0n) is 8.97.